The molecule has 1 aliphatic rings. The van der Waals surface area contributed by atoms with Crippen LogP contribution in [0.4, 0.5) is 4.79 Å². The Labute approximate surface area is 173 Å². The molecule has 0 bridgehead atoms. The van der Waals surface area contributed by atoms with Crippen molar-refractivity contribution in [2.45, 2.75) is 19.6 Å². The highest BCUT2D eigenvalue weighted by molar-refractivity contribution is 5.95. The van der Waals surface area contributed by atoms with Crippen LogP contribution in [0.25, 0.3) is 0 Å². The number of amides is 2. The lowest BCUT2D eigenvalue weighted by atomic mass is 9.95. The third-order valence-corrected chi connectivity index (χ3v) is 4.67. The lowest BCUT2D eigenvalue weighted by Crippen LogP contribution is -2.45. The molecule has 0 saturated heterocycles. The number of benzene rings is 2. The Bertz CT molecular complexity index is 980. The largest absolute Gasteiger partial charge is 0.489 e. The van der Waals surface area contributed by atoms with E-state index in [1.807, 2.05) is 0 Å². The van der Waals surface area contributed by atoms with Gasteiger partial charge in [-0.3, -0.25) is 0 Å². The highest BCUT2D eigenvalue weighted by Gasteiger charge is 2.31. The standard InChI is InChI=1S/C22H22N2O6/c1-13-18(21(26)29-3)19(24-22(27)23-13)15-8-10-17(11-9-15)30-12-14-4-6-16(7-5-14)20(25)28-2/h4-11,19H,12H2,1-3H3,(H2,23,24,27). The molecule has 1 atom stereocenters. The lowest BCUT2D eigenvalue weighted by molar-refractivity contribution is -0.136. The number of carbonyl (C=O) groups is 3. The van der Waals surface area contributed by atoms with Gasteiger partial charge in [-0.05, 0) is 42.3 Å². The van der Waals surface area contributed by atoms with E-state index >= 15 is 0 Å². The summed E-state index contributed by atoms with van der Waals surface area (Å²) in [5.41, 5.74) is 2.88. The summed E-state index contributed by atoms with van der Waals surface area (Å²) in [5.74, 6) is -0.282. The Morgan fingerprint density at radius 1 is 0.933 bits per heavy atom. The maximum absolute atomic E-state index is 12.2. The summed E-state index contributed by atoms with van der Waals surface area (Å²) >= 11 is 0. The number of rotatable bonds is 6. The van der Waals surface area contributed by atoms with Crippen molar-refractivity contribution in [1.29, 1.82) is 0 Å². The average molecular weight is 410 g/mol. The van der Waals surface area contributed by atoms with Crippen LogP contribution in [0.1, 0.15) is 34.5 Å². The molecule has 8 nitrogen and oxygen atoms in total. The summed E-state index contributed by atoms with van der Waals surface area (Å²) in [6.45, 7) is 1.97. The van der Waals surface area contributed by atoms with Gasteiger partial charge in [0, 0.05) is 5.70 Å². The first-order chi connectivity index (χ1) is 14.4. The Morgan fingerprint density at radius 3 is 2.17 bits per heavy atom. The van der Waals surface area contributed by atoms with Crippen LogP contribution >= 0.6 is 0 Å². The van der Waals surface area contributed by atoms with Gasteiger partial charge in [-0.25, -0.2) is 14.4 Å². The Balaban J connectivity index is 1.70. The van der Waals surface area contributed by atoms with Gasteiger partial charge in [-0.15, -0.1) is 0 Å². The van der Waals surface area contributed by atoms with Gasteiger partial charge < -0.3 is 24.8 Å². The molecule has 0 spiro atoms. The van der Waals surface area contributed by atoms with Crippen LogP contribution in [0.5, 0.6) is 5.75 Å². The minimum atomic E-state index is -0.619. The van der Waals surface area contributed by atoms with E-state index in [-0.39, 0.29) is 6.03 Å². The highest BCUT2D eigenvalue weighted by Crippen LogP contribution is 2.28. The zero-order valence-corrected chi connectivity index (χ0v) is 16.9. The number of hydrogen-bond donors (Lipinski definition) is 2. The summed E-state index contributed by atoms with van der Waals surface area (Å²) in [6.07, 6.45) is 0. The molecule has 0 saturated carbocycles. The third-order valence-electron chi connectivity index (χ3n) is 4.67. The smallest absolute Gasteiger partial charge is 0.337 e. The first-order valence-corrected chi connectivity index (χ1v) is 9.19. The summed E-state index contributed by atoms with van der Waals surface area (Å²) in [4.78, 5) is 35.5. The number of urea groups is 1. The molecule has 2 amide bonds. The van der Waals surface area contributed by atoms with E-state index in [4.69, 9.17) is 9.47 Å². The van der Waals surface area contributed by atoms with Gasteiger partial charge in [0.1, 0.15) is 12.4 Å². The van der Waals surface area contributed by atoms with Crippen molar-refractivity contribution in [2.24, 2.45) is 0 Å². The van der Waals surface area contributed by atoms with Crippen molar-refractivity contribution in [1.82, 2.24) is 10.6 Å². The Kier molecular flexibility index (Phi) is 6.36. The predicted octanol–water partition coefficient (Wildman–Crippen LogP) is 2.85. The number of allylic oxidation sites excluding steroid dienone is 1. The third kappa shape index (κ3) is 4.60. The van der Waals surface area contributed by atoms with Crippen LogP contribution in [0, 0.1) is 0 Å². The molecule has 0 aromatic heterocycles. The summed E-state index contributed by atoms with van der Waals surface area (Å²) in [6, 6.07) is 13.0. The molecule has 156 valence electrons. The number of ether oxygens (including phenoxy) is 3. The normalized spacial score (nSPS) is 15.7. The van der Waals surface area contributed by atoms with Crippen LogP contribution in [0.2, 0.25) is 0 Å². The molecule has 0 aliphatic carbocycles. The average Bonchev–Trinajstić information content (AvgIpc) is 2.77. The highest BCUT2D eigenvalue weighted by atomic mass is 16.5. The van der Waals surface area contributed by atoms with Gasteiger partial charge >= 0.3 is 18.0 Å². The molecular formula is C22H22N2O6. The fourth-order valence-corrected chi connectivity index (χ4v) is 3.10. The van der Waals surface area contributed by atoms with Crippen LogP contribution in [0.15, 0.2) is 59.8 Å². The van der Waals surface area contributed by atoms with Crippen LogP contribution in [-0.2, 0) is 20.9 Å². The van der Waals surface area contributed by atoms with E-state index in [0.29, 0.717) is 29.2 Å². The van der Waals surface area contributed by atoms with Crippen molar-refractivity contribution in [3.63, 3.8) is 0 Å². The SMILES string of the molecule is COC(=O)C1=C(C)NC(=O)NC1c1ccc(OCc2ccc(C(=O)OC)cc2)cc1. The number of hydrogen-bond acceptors (Lipinski definition) is 6. The minimum Gasteiger partial charge on any atom is -0.489 e. The second kappa shape index (κ2) is 9.13. The van der Waals surface area contributed by atoms with E-state index in [0.717, 1.165) is 11.1 Å². The van der Waals surface area contributed by atoms with Crippen LogP contribution in [0.3, 0.4) is 0 Å². The van der Waals surface area contributed by atoms with Gasteiger partial charge in [-0.2, -0.15) is 0 Å². The maximum Gasteiger partial charge on any atom is 0.337 e. The molecule has 1 unspecified atom stereocenters. The van der Waals surface area contributed by atoms with Crippen LogP contribution in [-0.4, -0.2) is 32.2 Å². The molecule has 3 rings (SSSR count). The molecular weight excluding hydrogens is 388 g/mol. The second-order valence-electron chi connectivity index (χ2n) is 6.61. The van der Waals surface area contributed by atoms with Crippen molar-refractivity contribution in [3.8, 4) is 5.75 Å². The molecule has 30 heavy (non-hydrogen) atoms. The van der Waals surface area contributed by atoms with Gasteiger partial charge in [0.25, 0.3) is 0 Å². The van der Waals surface area contributed by atoms with Crippen molar-refractivity contribution < 1.29 is 28.6 Å². The predicted molar refractivity (Wildman–Crippen MR) is 108 cm³/mol. The minimum absolute atomic E-state index is 0.317. The molecule has 2 N–H and O–H groups in total. The molecule has 0 fully saturated rings. The molecule has 1 heterocycles. The number of nitrogens with one attached hydrogen (secondary N) is 2. The number of carbonyl (C=O) groups excluding carboxylic acids is 3. The fraction of sp³-hybridized carbons (Fsp3) is 0.227. The van der Waals surface area contributed by atoms with E-state index < -0.39 is 18.0 Å². The number of esters is 2. The van der Waals surface area contributed by atoms with Crippen molar-refractivity contribution in [3.05, 3.63) is 76.5 Å². The van der Waals surface area contributed by atoms with Crippen LogP contribution < -0.4 is 15.4 Å². The van der Waals surface area contributed by atoms with E-state index in [1.165, 1.54) is 14.2 Å². The van der Waals surface area contributed by atoms with Gasteiger partial charge in [0.15, 0.2) is 0 Å². The molecule has 1 aliphatic heterocycles. The quantitative estimate of drug-likeness (QED) is 0.710. The zero-order chi connectivity index (χ0) is 21.7. The van der Waals surface area contributed by atoms with Crippen molar-refractivity contribution in [2.75, 3.05) is 14.2 Å². The van der Waals surface area contributed by atoms with Gasteiger partial charge in [0.05, 0.1) is 31.4 Å². The number of methoxy groups -OCH3 is 2. The summed E-state index contributed by atoms with van der Waals surface area (Å²) in [7, 11) is 2.63. The zero-order valence-electron chi connectivity index (χ0n) is 16.9. The molecule has 0 radical (unpaired) electrons. The van der Waals surface area contributed by atoms with Gasteiger partial charge in [0.2, 0.25) is 0 Å². The van der Waals surface area contributed by atoms with E-state index in [9.17, 15) is 14.4 Å². The van der Waals surface area contributed by atoms with E-state index in [1.54, 1.807) is 55.5 Å². The molecule has 8 heteroatoms. The fourth-order valence-electron chi connectivity index (χ4n) is 3.10. The monoisotopic (exact) mass is 410 g/mol. The first kappa shape index (κ1) is 20.9. The lowest BCUT2D eigenvalue weighted by Gasteiger charge is -2.27. The van der Waals surface area contributed by atoms with Crippen molar-refractivity contribution >= 4 is 18.0 Å². The van der Waals surface area contributed by atoms with Gasteiger partial charge in [-0.1, -0.05) is 24.3 Å². The first-order valence-electron chi connectivity index (χ1n) is 9.19. The maximum atomic E-state index is 12.2. The second-order valence-corrected chi connectivity index (χ2v) is 6.61. The summed E-state index contributed by atoms with van der Waals surface area (Å²) < 4.78 is 15.3. The van der Waals surface area contributed by atoms with E-state index in [2.05, 4.69) is 15.4 Å². The Morgan fingerprint density at radius 2 is 1.57 bits per heavy atom. The summed E-state index contributed by atoms with van der Waals surface area (Å²) in [5, 5.41) is 5.32. The Hall–Kier alpha value is -3.81. The molecule has 2 aromatic rings. The molecule has 2 aromatic carbocycles. The topological polar surface area (TPSA) is 103 Å².